The van der Waals surface area contributed by atoms with Gasteiger partial charge in [0.05, 0.1) is 0 Å². The molecule has 0 spiro atoms. The highest BCUT2D eigenvalue weighted by Gasteiger charge is 2.11. The van der Waals surface area contributed by atoms with Crippen LogP contribution in [0.1, 0.15) is 21.7 Å². The number of nitrogens with zero attached hydrogens (tertiary/aromatic N) is 2. The molecule has 0 unspecified atom stereocenters. The molecular weight excluding hydrogens is 232 g/mol. The zero-order chi connectivity index (χ0) is 13.1. The number of carbonyl (C=O) groups is 1. The lowest BCUT2D eigenvalue weighted by molar-refractivity contribution is 0.0685. The Morgan fingerprint density at radius 3 is 2.61 bits per heavy atom. The zero-order valence-corrected chi connectivity index (χ0v) is 10.3. The Labute approximate surface area is 105 Å². The number of benzene rings is 1. The van der Waals surface area contributed by atoms with Crippen molar-refractivity contribution in [1.82, 2.24) is 9.78 Å². The summed E-state index contributed by atoms with van der Waals surface area (Å²) in [6.45, 7) is 2.26. The standard InChI is InChI=1S/C13H14N2O3/c1-9-3-5-11(6-4-9)18-8-10-7-12(13(16)17)15(2)14-10/h3-7H,8H2,1-2H3,(H,16,17). The molecule has 0 saturated heterocycles. The van der Waals surface area contributed by atoms with Gasteiger partial charge in [-0.2, -0.15) is 5.10 Å². The number of carboxylic acids is 1. The molecule has 0 aliphatic rings. The second-order valence-electron chi connectivity index (χ2n) is 4.05. The average Bonchev–Trinajstić information content (AvgIpc) is 2.70. The number of rotatable bonds is 4. The predicted octanol–water partition coefficient (Wildman–Crippen LogP) is 2.01. The normalized spacial score (nSPS) is 10.3. The van der Waals surface area contributed by atoms with E-state index in [0.717, 1.165) is 11.3 Å². The second kappa shape index (κ2) is 4.91. The summed E-state index contributed by atoms with van der Waals surface area (Å²) < 4.78 is 6.86. The van der Waals surface area contributed by atoms with Gasteiger partial charge in [0.2, 0.25) is 0 Å². The van der Waals surface area contributed by atoms with Gasteiger partial charge < -0.3 is 9.84 Å². The van der Waals surface area contributed by atoms with E-state index < -0.39 is 5.97 Å². The molecule has 1 aromatic carbocycles. The largest absolute Gasteiger partial charge is 0.487 e. The molecule has 1 N–H and O–H groups in total. The number of hydrogen-bond donors (Lipinski definition) is 1. The van der Waals surface area contributed by atoms with Gasteiger partial charge in [0.1, 0.15) is 23.7 Å². The third kappa shape index (κ3) is 2.68. The van der Waals surface area contributed by atoms with Crippen LogP contribution in [-0.4, -0.2) is 20.9 Å². The maximum Gasteiger partial charge on any atom is 0.354 e. The lowest BCUT2D eigenvalue weighted by Gasteiger charge is -2.03. The van der Waals surface area contributed by atoms with Crippen LogP contribution in [0.3, 0.4) is 0 Å². The van der Waals surface area contributed by atoms with Crippen molar-refractivity contribution in [3.63, 3.8) is 0 Å². The molecule has 0 radical (unpaired) electrons. The molecule has 1 aromatic heterocycles. The van der Waals surface area contributed by atoms with Gasteiger partial charge in [-0.1, -0.05) is 17.7 Å². The molecule has 0 amide bonds. The van der Waals surface area contributed by atoms with Gasteiger partial charge in [-0.05, 0) is 25.1 Å². The first kappa shape index (κ1) is 12.2. The van der Waals surface area contributed by atoms with Crippen molar-refractivity contribution in [2.75, 3.05) is 0 Å². The van der Waals surface area contributed by atoms with E-state index in [2.05, 4.69) is 5.10 Å². The Bertz CT molecular complexity index is 558. The fraction of sp³-hybridized carbons (Fsp3) is 0.231. The molecule has 0 atom stereocenters. The van der Waals surface area contributed by atoms with Crippen molar-refractivity contribution < 1.29 is 14.6 Å². The highest BCUT2D eigenvalue weighted by atomic mass is 16.5. The highest BCUT2D eigenvalue weighted by Crippen LogP contribution is 2.13. The van der Waals surface area contributed by atoms with Crippen LogP contribution in [0.2, 0.25) is 0 Å². The van der Waals surface area contributed by atoms with Gasteiger partial charge in [-0.3, -0.25) is 4.68 Å². The van der Waals surface area contributed by atoms with E-state index in [1.807, 2.05) is 31.2 Å². The summed E-state index contributed by atoms with van der Waals surface area (Å²) in [5.74, 6) is -0.255. The molecule has 1 heterocycles. The minimum Gasteiger partial charge on any atom is -0.487 e. The van der Waals surface area contributed by atoms with Gasteiger partial charge in [-0.25, -0.2) is 4.79 Å². The first-order valence-electron chi connectivity index (χ1n) is 5.52. The van der Waals surface area contributed by atoms with Crippen molar-refractivity contribution in [3.8, 4) is 5.75 Å². The van der Waals surface area contributed by atoms with E-state index in [0.29, 0.717) is 5.69 Å². The summed E-state index contributed by atoms with van der Waals surface area (Å²) in [6.07, 6.45) is 0. The molecule has 0 aliphatic carbocycles. The first-order valence-corrected chi connectivity index (χ1v) is 5.52. The fourth-order valence-corrected chi connectivity index (χ4v) is 1.59. The van der Waals surface area contributed by atoms with Crippen molar-refractivity contribution in [1.29, 1.82) is 0 Å². The number of aromatic carboxylic acids is 1. The SMILES string of the molecule is Cc1ccc(OCc2cc(C(=O)O)n(C)n2)cc1. The maximum absolute atomic E-state index is 10.8. The maximum atomic E-state index is 10.8. The topological polar surface area (TPSA) is 64.3 Å². The number of hydrogen-bond acceptors (Lipinski definition) is 3. The highest BCUT2D eigenvalue weighted by molar-refractivity contribution is 5.85. The summed E-state index contributed by atoms with van der Waals surface area (Å²) in [6, 6.07) is 9.16. The van der Waals surface area contributed by atoms with Gasteiger partial charge in [0.15, 0.2) is 0 Å². The number of aryl methyl sites for hydroxylation is 2. The summed E-state index contributed by atoms with van der Waals surface area (Å²) in [5.41, 5.74) is 1.90. The molecule has 5 heteroatoms. The van der Waals surface area contributed by atoms with Gasteiger partial charge in [-0.15, -0.1) is 0 Å². The van der Waals surface area contributed by atoms with Crippen LogP contribution in [0.5, 0.6) is 5.75 Å². The molecule has 18 heavy (non-hydrogen) atoms. The van der Waals surface area contributed by atoms with E-state index in [4.69, 9.17) is 9.84 Å². The Kier molecular flexibility index (Phi) is 3.32. The Morgan fingerprint density at radius 1 is 1.39 bits per heavy atom. The average molecular weight is 246 g/mol. The lowest BCUT2D eigenvalue weighted by atomic mass is 10.2. The Morgan fingerprint density at radius 2 is 2.06 bits per heavy atom. The molecule has 0 saturated carbocycles. The quantitative estimate of drug-likeness (QED) is 0.896. The Hall–Kier alpha value is -2.30. The molecule has 0 fully saturated rings. The molecule has 2 rings (SSSR count). The van der Waals surface area contributed by atoms with Crippen molar-refractivity contribution in [3.05, 3.63) is 47.3 Å². The molecule has 94 valence electrons. The van der Waals surface area contributed by atoms with Crippen LogP contribution in [0.15, 0.2) is 30.3 Å². The third-order valence-corrected chi connectivity index (χ3v) is 2.56. The smallest absolute Gasteiger partial charge is 0.354 e. The second-order valence-corrected chi connectivity index (χ2v) is 4.05. The lowest BCUT2D eigenvalue weighted by Crippen LogP contribution is -2.04. The van der Waals surface area contributed by atoms with Gasteiger partial charge in [0.25, 0.3) is 0 Å². The molecule has 2 aromatic rings. The van der Waals surface area contributed by atoms with E-state index in [1.54, 1.807) is 7.05 Å². The van der Waals surface area contributed by atoms with Crippen LogP contribution in [0.4, 0.5) is 0 Å². The van der Waals surface area contributed by atoms with Gasteiger partial charge in [0, 0.05) is 7.05 Å². The monoisotopic (exact) mass is 246 g/mol. The minimum atomic E-state index is -0.994. The van der Waals surface area contributed by atoms with E-state index in [9.17, 15) is 4.79 Å². The van der Waals surface area contributed by atoms with Crippen LogP contribution in [0.25, 0.3) is 0 Å². The third-order valence-electron chi connectivity index (χ3n) is 2.56. The van der Waals surface area contributed by atoms with Crippen LogP contribution in [-0.2, 0) is 13.7 Å². The summed E-state index contributed by atoms with van der Waals surface area (Å²) in [7, 11) is 1.60. The van der Waals surface area contributed by atoms with Crippen LogP contribution in [0, 0.1) is 6.92 Å². The molecular formula is C13H14N2O3. The summed E-state index contributed by atoms with van der Waals surface area (Å²) in [5, 5.41) is 13.0. The number of ether oxygens (including phenoxy) is 1. The minimum absolute atomic E-state index is 0.150. The van der Waals surface area contributed by atoms with Crippen molar-refractivity contribution in [2.45, 2.75) is 13.5 Å². The van der Waals surface area contributed by atoms with Crippen molar-refractivity contribution in [2.24, 2.45) is 7.05 Å². The van der Waals surface area contributed by atoms with E-state index in [1.165, 1.54) is 10.7 Å². The number of carboxylic acid groups (broad SMARTS) is 1. The van der Waals surface area contributed by atoms with E-state index in [-0.39, 0.29) is 12.3 Å². The van der Waals surface area contributed by atoms with Crippen LogP contribution < -0.4 is 4.74 Å². The fourth-order valence-electron chi connectivity index (χ4n) is 1.59. The molecule has 0 aliphatic heterocycles. The molecule has 5 nitrogen and oxygen atoms in total. The zero-order valence-electron chi connectivity index (χ0n) is 10.3. The van der Waals surface area contributed by atoms with Crippen molar-refractivity contribution >= 4 is 5.97 Å². The summed E-state index contributed by atoms with van der Waals surface area (Å²) >= 11 is 0. The predicted molar refractivity (Wildman–Crippen MR) is 65.7 cm³/mol. The first-order chi connectivity index (χ1) is 8.56. The van der Waals surface area contributed by atoms with Gasteiger partial charge >= 0.3 is 5.97 Å². The summed E-state index contributed by atoms with van der Waals surface area (Å²) in [4.78, 5) is 10.8. The Balaban J connectivity index is 2.04. The van der Waals surface area contributed by atoms with Crippen LogP contribution >= 0.6 is 0 Å². The van der Waals surface area contributed by atoms with E-state index >= 15 is 0 Å². The molecule has 0 bridgehead atoms. The number of aromatic nitrogens is 2.